The quantitative estimate of drug-likeness (QED) is 0.491. The SMILES string of the molecule is CCCC(=O)N[C@@H](Nc1sc2c(c1C(N)=O)CCCC2)C(Cl)(Cl)Cl. The van der Waals surface area contributed by atoms with Crippen molar-refractivity contribution in [1.82, 2.24) is 5.32 Å². The van der Waals surface area contributed by atoms with Gasteiger partial charge in [-0.15, -0.1) is 11.3 Å². The molecule has 0 radical (unpaired) electrons. The van der Waals surface area contributed by atoms with Crippen LogP contribution in [0.1, 0.15) is 53.4 Å². The molecule has 0 fully saturated rings. The monoisotopic (exact) mass is 411 g/mol. The van der Waals surface area contributed by atoms with Crippen molar-refractivity contribution in [2.75, 3.05) is 5.32 Å². The van der Waals surface area contributed by atoms with E-state index in [1.54, 1.807) is 0 Å². The Morgan fingerprint density at radius 1 is 1.29 bits per heavy atom. The lowest BCUT2D eigenvalue weighted by Crippen LogP contribution is -2.49. The molecule has 0 aliphatic heterocycles. The van der Waals surface area contributed by atoms with E-state index < -0.39 is 15.9 Å². The lowest BCUT2D eigenvalue weighted by molar-refractivity contribution is -0.121. The highest BCUT2D eigenvalue weighted by Gasteiger charge is 2.36. The number of halogens is 3. The number of nitrogens with two attached hydrogens (primary N) is 1. The van der Waals surface area contributed by atoms with Gasteiger partial charge in [0, 0.05) is 11.3 Å². The molecule has 0 saturated heterocycles. The van der Waals surface area contributed by atoms with Crippen molar-refractivity contribution in [3.8, 4) is 0 Å². The van der Waals surface area contributed by atoms with E-state index in [1.807, 2.05) is 6.92 Å². The molecular formula is C15H20Cl3N3O2S. The van der Waals surface area contributed by atoms with E-state index in [1.165, 1.54) is 11.3 Å². The average molecular weight is 413 g/mol. The fraction of sp³-hybridized carbons (Fsp3) is 0.600. The van der Waals surface area contributed by atoms with E-state index in [9.17, 15) is 9.59 Å². The van der Waals surface area contributed by atoms with Crippen LogP contribution < -0.4 is 16.4 Å². The molecule has 1 aliphatic carbocycles. The zero-order chi connectivity index (χ0) is 17.9. The van der Waals surface area contributed by atoms with Gasteiger partial charge in [-0.2, -0.15) is 0 Å². The summed E-state index contributed by atoms with van der Waals surface area (Å²) < 4.78 is -1.77. The number of alkyl halides is 3. The summed E-state index contributed by atoms with van der Waals surface area (Å²) in [6, 6.07) is 0. The molecule has 134 valence electrons. The van der Waals surface area contributed by atoms with E-state index in [0.29, 0.717) is 23.4 Å². The molecule has 1 aromatic rings. The number of thiophene rings is 1. The molecular weight excluding hydrogens is 393 g/mol. The molecule has 2 amide bonds. The van der Waals surface area contributed by atoms with E-state index >= 15 is 0 Å². The van der Waals surface area contributed by atoms with Gasteiger partial charge >= 0.3 is 0 Å². The number of nitrogens with one attached hydrogen (secondary N) is 2. The summed E-state index contributed by atoms with van der Waals surface area (Å²) in [5, 5.41) is 6.21. The fourth-order valence-electron chi connectivity index (χ4n) is 2.72. The maximum Gasteiger partial charge on any atom is 0.251 e. The first-order valence-electron chi connectivity index (χ1n) is 7.81. The van der Waals surface area contributed by atoms with Crippen LogP contribution in [0.2, 0.25) is 0 Å². The molecule has 24 heavy (non-hydrogen) atoms. The van der Waals surface area contributed by atoms with Gasteiger partial charge in [0.2, 0.25) is 9.70 Å². The number of hydrogen-bond acceptors (Lipinski definition) is 4. The van der Waals surface area contributed by atoms with Gasteiger partial charge in [-0.05, 0) is 37.7 Å². The van der Waals surface area contributed by atoms with Crippen LogP contribution in [-0.4, -0.2) is 21.8 Å². The molecule has 0 aromatic carbocycles. The lowest BCUT2D eigenvalue weighted by Gasteiger charge is -2.27. The second kappa shape index (κ2) is 8.13. The molecule has 0 unspecified atom stereocenters. The standard InChI is InChI=1S/C15H20Cl3N3O2S/c1-2-5-10(22)20-14(15(16,17)18)21-13-11(12(19)23)8-6-3-4-7-9(8)24-13/h14,21H,2-7H2,1H3,(H2,19,23)(H,20,22)/t14-/m0/s1. The second-order valence-electron chi connectivity index (χ2n) is 5.72. The highest BCUT2D eigenvalue weighted by molar-refractivity contribution is 7.16. The molecule has 4 N–H and O–H groups in total. The number of anilines is 1. The van der Waals surface area contributed by atoms with Gasteiger partial charge in [-0.3, -0.25) is 9.59 Å². The summed E-state index contributed by atoms with van der Waals surface area (Å²) in [5.74, 6) is -0.747. The summed E-state index contributed by atoms with van der Waals surface area (Å²) in [7, 11) is 0. The van der Waals surface area contributed by atoms with Crippen molar-refractivity contribution in [2.45, 2.75) is 55.4 Å². The Kier molecular flexibility index (Phi) is 6.65. The lowest BCUT2D eigenvalue weighted by atomic mass is 9.95. The highest BCUT2D eigenvalue weighted by atomic mass is 35.6. The van der Waals surface area contributed by atoms with E-state index in [4.69, 9.17) is 40.5 Å². The Labute approximate surface area is 160 Å². The third-order valence-corrected chi connectivity index (χ3v) is 5.68. The second-order valence-corrected chi connectivity index (χ2v) is 9.19. The molecule has 1 aromatic heterocycles. The van der Waals surface area contributed by atoms with Gasteiger partial charge in [0.1, 0.15) is 11.2 Å². The number of rotatable bonds is 6. The van der Waals surface area contributed by atoms with Gasteiger partial charge in [0.05, 0.1) is 5.56 Å². The van der Waals surface area contributed by atoms with Crippen molar-refractivity contribution in [3.05, 3.63) is 16.0 Å². The zero-order valence-corrected chi connectivity index (χ0v) is 16.3. The number of hydrogen-bond donors (Lipinski definition) is 3. The smallest absolute Gasteiger partial charge is 0.251 e. The molecule has 9 heteroatoms. The Bertz CT molecular complexity index is 628. The molecule has 1 atom stereocenters. The number of carbonyl (C=O) groups is 2. The predicted molar refractivity (Wildman–Crippen MR) is 100 cm³/mol. The molecule has 1 heterocycles. The predicted octanol–water partition coefficient (Wildman–Crippen LogP) is 3.75. The summed E-state index contributed by atoms with van der Waals surface area (Å²) in [6.45, 7) is 1.88. The van der Waals surface area contributed by atoms with Crippen molar-refractivity contribution in [2.24, 2.45) is 5.73 Å². The van der Waals surface area contributed by atoms with Crippen LogP contribution in [0.5, 0.6) is 0 Å². The van der Waals surface area contributed by atoms with Crippen LogP contribution in [-0.2, 0) is 17.6 Å². The Morgan fingerprint density at radius 2 is 1.96 bits per heavy atom. The van der Waals surface area contributed by atoms with Crippen molar-refractivity contribution >= 4 is 63.0 Å². The number of aryl methyl sites for hydroxylation is 1. The number of amides is 2. The summed E-state index contributed by atoms with van der Waals surface area (Å²) >= 11 is 19.4. The van der Waals surface area contributed by atoms with Crippen LogP contribution in [0, 0.1) is 0 Å². The number of carbonyl (C=O) groups excluding carboxylic acids is 2. The minimum Gasteiger partial charge on any atom is -0.365 e. The molecule has 1 aliphatic rings. The third kappa shape index (κ3) is 4.69. The minimum atomic E-state index is -1.77. The Hall–Kier alpha value is -0.690. The fourth-order valence-corrected chi connectivity index (χ4v) is 4.37. The van der Waals surface area contributed by atoms with E-state index in [-0.39, 0.29) is 5.91 Å². The summed E-state index contributed by atoms with van der Waals surface area (Å²) in [6.07, 6.45) is 3.85. The molecule has 0 spiro atoms. The van der Waals surface area contributed by atoms with Crippen LogP contribution >= 0.6 is 46.1 Å². The van der Waals surface area contributed by atoms with Gasteiger partial charge in [-0.1, -0.05) is 41.7 Å². The van der Waals surface area contributed by atoms with Crippen LogP contribution in [0.15, 0.2) is 0 Å². The third-order valence-electron chi connectivity index (χ3n) is 3.80. The Balaban J connectivity index is 2.30. The van der Waals surface area contributed by atoms with E-state index in [2.05, 4.69) is 10.6 Å². The molecule has 5 nitrogen and oxygen atoms in total. The normalized spacial score (nSPS) is 15.5. The van der Waals surface area contributed by atoms with Crippen molar-refractivity contribution in [3.63, 3.8) is 0 Å². The molecule has 2 rings (SSSR count). The molecule has 0 saturated carbocycles. The first-order chi connectivity index (χ1) is 11.2. The summed E-state index contributed by atoms with van der Waals surface area (Å²) in [5.41, 5.74) is 6.98. The van der Waals surface area contributed by atoms with Gasteiger partial charge in [0.25, 0.3) is 5.91 Å². The van der Waals surface area contributed by atoms with Crippen molar-refractivity contribution < 1.29 is 9.59 Å². The van der Waals surface area contributed by atoms with Crippen molar-refractivity contribution in [1.29, 1.82) is 0 Å². The first-order valence-corrected chi connectivity index (χ1v) is 9.76. The van der Waals surface area contributed by atoms with Crippen LogP contribution in [0.4, 0.5) is 5.00 Å². The topological polar surface area (TPSA) is 84.2 Å². The van der Waals surface area contributed by atoms with Gasteiger partial charge < -0.3 is 16.4 Å². The molecule has 0 bridgehead atoms. The highest BCUT2D eigenvalue weighted by Crippen LogP contribution is 2.40. The maximum atomic E-state index is 11.9. The zero-order valence-electron chi connectivity index (χ0n) is 13.3. The largest absolute Gasteiger partial charge is 0.365 e. The first kappa shape index (κ1) is 19.6. The van der Waals surface area contributed by atoms with Crippen LogP contribution in [0.3, 0.4) is 0 Å². The minimum absolute atomic E-state index is 0.233. The van der Waals surface area contributed by atoms with Gasteiger partial charge in [0.15, 0.2) is 0 Å². The van der Waals surface area contributed by atoms with Gasteiger partial charge in [-0.25, -0.2) is 0 Å². The van der Waals surface area contributed by atoms with Crippen LogP contribution in [0.25, 0.3) is 0 Å². The maximum absolute atomic E-state index is 11.9. The summed E-state index contributed by atoms with van der Waals surface area (Å²) in [4.78, 5) is 24.9. The number of primary amides is 1. The average Bonchev–Trinajstić information content (AvgIpc) is 2.83. The number of fused-ring (bicyclic) bond motifs is 1. The Morgan fingerprint density at radius 3 is 2.54 bits per heavy atom. The van der Waals surface area contributed by atoms with E-state index in [0.717, 1.165) is 36.1 Å².